The molecule has 4 rings (SSSR count). The quantitative estimate of drug-likeness (QED) is 0.357. The summed E-state index contributed by atoms with van der Waals surface area (Å²) in [7, 11) is 0. The van der Waals surface area contributed by atoms with Crippen molar-refractivity contribution in [2.24, 2.45) is 0 Å². The molecule has 7 nitrogen and oxygen atoms in total. The predicted octanol–water partition coefficient (Wildman–Crippen LogP) is 4.21. The number of carbonyl (C=O) groups is 1. The van der Waals surface area contributed by atoms with Crippen LogP contribution in [0.15, 0.2) is 53.4 Å². The first-order chi connectivity index (χ1) is 13.5. The van der Waals surface area contributed by atoms with Crippen molar-refractivity contribution in [1.29, 1.82) is 0 Å². The third-order valence-corrected chi connectivity index (χ3v) is 4.43. The second-order valence-corrected chi connectivity index (χ2v) is 6.42. The second-order valence-electron chi connectivity index (χ2n) is 5.72. The van der Waals surface area contributed by atoms with Crippen molar-refractivity contribution in [1.82, 2.24) is 24.9 Å². The first-order valence-electron chi connectivity index (χ1n) is 7.97. The van der Waals surface area contributed by atoms with E-state index in [-0.39, 0.29) is 28.9 Å². The fourth-order valence-electron chi connectivity index (χ4n) is 2.60. The highest BCUT2D eigenvalue weighted by Crippen LogP contribution is 2.26. The molecule has 0 aliphatic rings. The minimum absolute atomic E-state index is 0.00500. The molecule has 4 aromatic rings. The van der Waals surface area contributed by atoms with Crippen LogP contribution in [0.5, 0.6) is 0 Å². The van der Waals surface area contributed by atoms with Crippen LogP contribution in [0.2, 0.25) is 5.15 Å². The van der Waals surface area contributed by atoms with E-state index < -0.39 is 5.24 Å². The molecule has 0 unspecified atom stereocenters. The lowest BCUT2D eigenvalue weighted by atomic mass is 10.2. The summed E-state index contributed by atoms with van der Waals surface area (Å²) < 4.78 is 20.6. The normalized spacial score (nSPS) is 11.0. The van der Waals surface area contributed by atoms with Crippen LogP contribution in [0, 0.1) is 5.82 Å². The van der Waals surface area contributed by atoms with Crippen LogP contribution in [0.3, 0.4) is 0 Å². The topological polar surface area (TPSA) is 86.7 Å². The molecule has 0 saturated carbocycles. The number of halogens is 3. The number of rotatable bonds is 5. The summed E-state index contributed by atoms with van der Waals surface area (Å²) in [5.41, 5.74) is 1.89. The van der Waals surface area contributed by atoms with Crippen molar-refractivity contribution < 1.29 is 13.7 Å². The van der Waals surface area contributed by atoms with Gasteiger partial charge in [-0.15, -0.1) is 0 Å². The van der Waals surface area contributed by atoms with E-state index in [1.165, 1.54) is 18.5 Å². The van der Waals surface area contributed by atoms with E-state index in [2.05, 4.69) is 20.2 Å². The van der Waals surface area contributed by atoms with Gasteiger partial charge in [0.2, 0.25) is 0 Å². The summed E-state index contributed by atoms with van der Waals surface area (Å²) in [4.78, 5) is 19.5. The number of hydrogen-bond acceptors (Lipinski definition) is 6. The Balaban J connectivity index is 1.79. The number of carbonyl (C=O) groups excluding carboxylic acids is 1. The molecule has 0 aliphatic carbocycles. The molecule has 3 heterocycles. The average Bonchev–Trinajstić information content (AvgIpc) is 3.33. The fourth-order valence-corrected chi connectivity index (χ4v) is 3.00. The summed E-state index contributed by atoms with van der Waals surface area (Å²) in [5, 5.41) is 7.52. The van der Waals surface area contributed by atoms with Gasteiger partial charge in [0, 0.05) is 17.8 Å². The van der Waals surface area contributed by atoms with Crippen molar-refractivity contribution in [2.45, 2.75) is 6.54 Å². The van der Waals surface area contributed by atoms with E-state index >= 15 is 0 Å². The third-order valence-electron chi connectivity index (χ3n) is 3.94. The molecule has 10 heteroatoms. The van der Waals surface area contributed by atoms with Gasteiger partial charge in [-0.1, -0.05) is 35.0 Å². The van der Waals surface area contributed by atoms with Crippen LogP contribution >= 0.6 is 23.2 Å². The monoisotopic (exact) mass is 417 g/mol. The first-order valence-corrected chi connectivity index (χ1v) is 8.73. The van der Waals surface area contributed by atoms with Gasteiger partial charge in [-0.05, 0) is 23.7 Å². The van der Waals surface area contributed by atoms with E-state index in [1.807, 2.05) is 0 Å². The molecule has 0 aliphatic heterocycles. The summed E-state index contributed by atoms with van der Waals surface area (Å²) in [6.45, 7) is 0.154. The standard InChI is InChI=1S/C18H10Cl2FN5O2/c19-16-11(17(20)27)8-22-18(23-16)14-7-15(13-5-6-28-25-13)26(24-14)9-10-3-1-2-4-12(10)21/h1-8H,9H2. The van der Waals surface area contributed by atoms with Crippen LogP contribution in [0.1, 0.15) is 15.9 Å². The Kier molecular flexibility index (Phi) is 4.89. The summed E-state index contributed by atoms with van der Waals surface area (Å²) in [6, 6.07) is 9.72. The molecule has 140 valence electrons. The Morgan fingerprint density at radius 1 is 1.21 bits per heavy atom. The first kappa shape index (κ1) is 18.3. The van der Waals surface area contributed by atoms with Crippen molar-refractivity contribution >= 4 is 28.4 Å². The highest BCUT2D eigenvalue weighted by Gasteiger charge is 2.18. The Labute approximate surface area is 167 Å². The molecule has 0 fully saturated rings. The molecular formula is C18H10Cl2FN5O2. The molecule has 0 radical (unpaired) electrons. The van der Waals surface area contributed by atoms with Gasteiger partial charge in [-0.3, -0.25) is 9.48 Å². The molecule has 0 bridgehead atoms. The fraction of sp³-hybridized carbons (Fsp3) is 0.0556. The third kappa shape index (κ3) is 3.51. The van der Waals surface area contributed by atoms with Crippen LogP contribution < -0.4 is 0 Å². The summed E-state index contributed by atoms with van der Waals surface area (Å²) in [5.74, 6) is -0.168. The molecule has 1 aromatic carbocycles. The maximum atomic E-state index is 14.1. The molecule has 28 heavy (non-hydrogen) atoms. The molecule has 0 N–H and O–H groups in total. The van der Waals surface area contributed by atoms with Gasteiger partial charge in [0.1, 0.15) is 28.6 Å². The van der Waals surface area contributed by atoms with Crippen LogP contribution in [-0.4, -0.2) is 30.1 Å². The smallest absolute Gasteiger partial charge is 0.257 e. The number of aromatic nitrogens is 5. The van der Waals surface area contributed by atoms with E-state index in [9.17, 15) is 9.18 Å². The highest BCUT2D eigenvalue weighted by atomic mass is 35.5. The largest absolute Gasteiger partial charge is 0.364 e. The molecule has 0 spiro atoms. The SMILES string of the molecule is O=C(Cl)c1cnc(-c2cc(-c3ccon3)n(Cc3ccccc3F)n2)nc1Cl. The van der Waals surface area contributed by atoms with E-state index in [4.69, 9.17) is 27.7 Å². The molecule has 0 saturated heterocycles. The van der Waals surface area contributed by atoms with Gasteiger partial charge in [0.15, 0.2) is 5.82 Å². The van der Waals surface area contributed by atoms with E-state index in [0.29, 0.717) is 22.6 Å². The molecule has 0 atom stereocenters. The minimum atomic E-state index is -0.759. The maximum Gasteiger partial charge on any atom is 0.257 e. The maximum absolute atomic E-state index is 14.1. The van der Waals surface area contributed by atoms with E-state index in [1.54, 1.807) is 35.0 Å². The number of benzene rings is 1. The minimum Gasteiger partial charge on any atom is -0.364 e. The van der Waals surface area contributed by atoms with Gasteiger partial charge in [0.25, 0.3) is 5.24 Å². The highest BCUT2D eigenvalue weighted by molar-refractivity contribution is 6.68. The van der Waals surface area contributed by atoms with Gasteiger partial charge in [-0.25, -0.2) is 14.4 Å². The Bertz CT molecular complexity index is 1160. The Morgan fingerprint density at radius 3 is 2.71 bits per heavy atom. The predicted molar refractivity (Wildman–Crippen MR) is 99.4 cm³/mol. The molecule has 3 aromatic heterocycles. The zero-order chi connectivity index (χ0) is 19.7. The Hall–Kier alpha value is -3.10. The van der Waals surface area contributed by atoms with Crippen molar-refractivity contribution in [2.75, 3.05) is 0 Å². The van der Waals surface area contributed by atoms with Crippen LogP contribution in [0.25, 0.3) is 22.9 Å². The zero-order valence-corrected chi connectivity index (χ0v) is 15.5. The number of hydrogen-bond donors (Lipinski definition) is 0. The zero-order valence-electron chi connectivity index (χ0n) is 14.0. The van der Waals surface area contributed by atoms with Crippen LogP contribution in [0.4, 0.5) is 4.39 Å². The molecular weight excluding hydrogens is 408 g/mol. The molecule has 0 amide bonds. The average molecular weight is 418 g/mol. The Morgan fingerprint density at radius 2 is 2.04 bits per heavy atom. The van der Waals surface area contributed by atoms with Gasteiger partial charge >= 0.3 is 0 Å². The summed E-state index contributed by atoms with van der Waals surface area (Å²) >= 11 is 11.4. The van der Waals surface area contributed by atoms with Crippen molar-refractivity contribution in [3.05, 3.63) is 71.0 Å². The van der Waals surface area contributed by atoms with Gasteiger partial charge < -0.3 is 4.52 Å². The lowest BCUT2D eigenvalue weighted by Crippen LogP contribution is -2.06. The number of nitrogens with zero attached hydrogens (tertiary/aromatic N) is 5. The van der Waals surface area contributed by atoms with Gasteiger partial charge in [-0.2, -0.15) is 5.10 Å². The van der Waals surface area contributed by atoms with Crippen LogP contribution in [-0.2, 0) is 6.54 Å². The second kappa shape index (κ2) is 7.49. The van der Waals surface area contributed by atoms with Gasteiger partial charge in [0.05, 0.1) is 17.8 Å². The van der Waals surface area contributed by atoms with E-state index in [0.717, 1.165) is 0 Å². The summed E-state index contributed by atoms with van der Waals surface area (Å²) in [6.07, 6.45) is 2.65. The van der Waals surface area contributed by atoms with Crippen molar-refractivity contribution in [3.63, 3.8) is 0 Å². The lowest BCUT2D eigenvalue weighted by molar-refractivity contribution is 0.108. The lowest BCUT2D eigenvalue weighted by Gasteiger charge is -2.06. The van der Waals surface area contributed by atoms with Crippen molar-refractivity contribution in [3.8, 4) is 22.9 Å².